The lowest BCUT2D eigenvalue weighted by Gasteiger charge is -2.15. The van der Waals surface area contributed by atoms with Gasteiger partial charge < -0.3 is 4.42 Å². The zero-order valence-corrected chi connectivity index (χ0v) is 10.4. The first-order valence-corrected chi connectivity index (χ1v) is 8.71. The first-order valence-electron chi connectivity index (χ1n) is 5.21. The molecule has 1 aromatic carbocycles. The molecule has 2 heteroatoms. The Morgan fingerprint density at radius 2 is 1.60 bits per heavy atom. The van der Waals surface area contributed by atoms with Crippen LogP contribution in [-0.2, 0) is 0 Å². The minimum Gasteiger partial charge on any atom is -0.472 e. The Labute approximate surface area is 91.8 Å². The third-order valence-corrected chi connectivity index (χ3v) is 4.56. The summed E-state index contributed by atoms with van der Waals surface area (Å²) in [5.41, 5.74) is 2.51. The van der Waals surface area contributed by atoms with Crippen LogP contribution < -0.4 is 5.19 Å². The van der Waals surface area contributed by atoms with Gasteiger partial charge in [0.25, 0.3) is 0 Å². The van der Waals surface area contributed by atoms with E-state index in [0.29, 0.717) is 0 Å². The van der Waals surface area contributed by atoms with Crippen molar-refractivity contribution in [1.29, 1.82) is 0 Å². The highest BCUT2D eigenvalue weighted by atomic mass is 28.3. The molecule has 0 radical (unpaired) electrons. The molecule has 78 valence electrons. The van der Waals surface area contributed by atoms with E-state index in [0.717, 1.165) is 0 Å². The largest absolute Gasteiger partial charge is 0.472 e. The number of rotatable bonds is 2. The summed E-state index contributed by atoms with van der Waals surface area (Å²) in [6, 6.07) is 10.4. The van der Waals surface area contributed by atoms with Crippen molar-refractivity contribution in [1.82, 2.24) is 0 Å². The van der Waals surface area contributed by atoms with E-state index in [4.69, 9.17) is 4.42 Å². The van der Waals surface area contributed by atoms with Gasteiger partial charge in [-0.15, -0.1) is 0 Å². The first kappa shape index (κ1) is 10.2. The fourth-order valence-electron chi connectivity index (χ4n) is 1.72. The van der Waals surface area contributed by atoms with Crippen molar-refractivity contribution in [2.24, 2.45) is 0 Å². The second-order valence-electron chi connectivity index (χ2n) is 4.82. The maximum Gasteiger partial charge on any atom is 0.0979 e. The predicted molar refractivity (Wildman–Crippen MR) is 67.1 cm³/mol. The van der Waals surface area contributed by atoms with Crippen LogP contribution in [0.4, 0.5) is 0 Å². The summed E-state index contributed by atoms with van der Waals surface area (Å²) >= 11 is 0. The van der Waals surface area contributed by atoms with Crippen molar-refractivity contribution in [2.75, 3.05) is 0 Å². The molecule has 1 aromatic heterocycles. The highest BCUT2D eigenvalue weighted by Gasteiger charge is 2.22. The predicted octanol–water partition coefficient (Wildman–Crippen LogP) is 3.49. The number of benzene rings is 1. The molecule has 0 amide bonds. The molecule has 0 saturated heterocycles. The molecule has 1 heterocycles. The quantitative estimate of drug-likeness (QED) is 0.700. The standard InChI is InChI=1S/C13H16OSi/c1-15(2,3)13-10-14-9-12(13)11-7-5-4-6-8-11/h4-10H,1-3H3. The van der Waals surface area contributed by atoms with E-state index in [-0.39, 0.29) is 0 Å². The molecule has 0 atom stereocenters. The van der Waals surface area contributed by atoms with Gasteiger partial charge in [-0.25, -0.2) is 0 Å². The van der Waals surface area contributed by atoms with E-state index < -0.39 is 8.07 Å². The Morgan fingerprint density at radius 1 is 0.933 bits per heavy atom. The van der Waals surface area contributed by atoms with E-state index in [1.54, 1.807) is 0 Å². The summed E-state index contributed by atoms with van der Waals surface area (Å²) in [5, 5.41) is 1.40. The van der Waals surface area contributed by atoms with E-state index in [2.05, 4.69) is 43.9 Å². The Morgan fingerprint density at radius 3 is 2.20 bits per heavy atom. The van der Waals surface area contributed by atoms with Crippen molar-refractivity contribution in [3.05, 3.63) is 42.9 Å². The molecule has 0 aliphatic rings. The monoisotopic (exact) mass is 216 g/mol. The molecular weight excluding hydrogens is 200 g/mol. The van der Waals surface area contributed by atoms with Crippen LogP contribution in [0.2, 0.25) is 19.6 Å². The lowest BCUT2D eigenvalue weighted by Crippen LogP contribution is -2.37. The topological polar surface area (TPSA) is 13.1 Å². The molecule has 15 heavy (non-hydrogen) atoms. The van der Waals surface area contributed by atoms with Crippen LogP contribution in [0.25, 0.3) is 11.1 Å². The molecule has 2 rings (SSSR count). The highest BCUT2D eigenvalue weighted by Crippen LogP contribution is 2.20. The van der Waals surface area contributed by atoms with Gasteiger partial charge in [0.15, 0.2) is 0 Å². The van der Waals surface area contributed by atoms with Gasteiger partial charge >= 0.3 is 0 Å². The van der Waals surface area contributed by atoms with Gasteiger partial charge in [-0.05, 0) is 10.8 Å². The van der Waals surface area contributed by atoms with Crippen molar-refractivity contribution in [3.8, 4) is 11.1 Å². The van der Waals surface area contributed by atoms with Crippen LogP contribution in [0.5, 0.6) is 0 Å². The summed E-state index contributed by atoms with van der Waals surface area (Å²) < 4.78 is 5.36. The van der Waals surface area contributed by atoms with Crippen LogP contribution in [0.15, 0.2) is 47.3 Å². The molecular formula is C13H16OSi. The maximum absolute atomic E-state index is 5.36. The second-order valence-corrected chi connectivity index (χ2v) is 9.85. The Kier molecular flexibility index (Phi) is 2.53. The lowest BCUT2D eigenvalue weighted by molar-refractivity contribution is 0.569. The molecule has 2 aromatic rings. The van der Waals surface area contributed by atoms with Gasteiger partial charge in [-0.1, -0.05) is 50.0 Å². The number of hydrogen-bond donors (Lipinski definition) is 0. The second kappa shape index (κ2) is 3.70. The van der Waals surface area contributed by atoms with E-state index in [1.807, 2.05) is 18.6 Å². The Balaban J connectivity index is 2.51. The highest BCUT2D eigenvalue weighted by molar-refractivity contribution is 6.89. The van der Waals surface area contributed by atoms with Gasteiger partial charge in [0.05, 0.1) is 20.6 Å². The fourth-order valence-corrected chi connectivity index (χ4v) is 3.15. The number of furan rings is 1. The molecule has 0 aliphatic carbocycles. The maximum atomic E-state index is 5.36. The average molecular weight is 216 g/mol. The zero-order valence-electron chi connectivity index (χ0n) is 9.45. The van der Waals surface area contributed by atoms with Crippen molar-refractivity contribution < 1.29 is 4.42 Å². The zero-order chi connectivity index (χ0) is 10.9. The summed E-state index contributed by atoms with van der Waals surface area (Å²) in [6.07, 6.45) is 3.78. The minimum absolute atomic E-state index is 1.25. The van der Waals surface area contributed by atoms with Crippen LogP contribution in [0.3, 0.4) is 0 Å². The first-order chi connectivity index (χ1) is 7.09. The summed E-state index contributed by atoms with van der Waals surface area (Å²) in [4.78, 5) is 0. The van der Waals surface area contributed by atoms with Gasteiger partial charge in [0.1, 0.15) is 0 Å². The smallest absolute Gasteiger partial charge is 0.0979 e. The Hall–Kier alpha value is -1.28. The molecule has 0 spiro atoms. The molecule has 0 N–H and O–H groups in total. The summed E-state index contributed by atoms with van der Waals surface area (Å²) in [6.45, 7) is 7.01. The summed E-state index contributed by atoms with van der Waals surface area (Å²) in [5.74, 6) is 0. The summed E-state index contributed by atoms with van der Waals surface area (Å²) in [7, 11) is -1.30. The van der Waals surface area contributed by atoms with Gasteiger partial charge in [-0.3, -0.25) is 0 Å². The molecule has 0 aliphatic heterocycles. The van der Waals surface area contributed by atoms with E-state index in [9.17, 15) is 0 Å². The fraction of sp³-hybridized carbons (Fsp3) is 0.231. The van der Waals surface area contributed by atoms with Crippen LogP contribution in [0, 0.1) is 0 Å². The van der Waals surface area contributed by atoms with E-state index in [1.165, 1.54) is 16.3 Å². The van der Waals surface area contributed by atoms with Crippen molar-refractivity contribution >= 4 is 13.3 Å². The van der Waals surface area contributed by atoms with Crippen LogP contribution in [0.1, 0.15) is 0 Å². The molecule has 0 fully saturated rings. The van der Waals surface area contributed by atoms with Gasteiger partial charge in [0.2, 0.25) is 0 Å². The van der Waals surface area contributed by atoms with Crippen molar-refractivity contribution in [3.63, 3.8) is 0 Å². The average Bonchev–Trinajstić information content (AvgIpc) is 2.67. The molecule has 0 saturated carbocycles. The minimum atomic E-state index is -1.30. The third-order valence-electron chi connectivity index (χ3n) is 2.55. The lowest BCUT2D eigenvalue weighted by atomic mass is 10.1. The molecule has 0 unspecified atom stereocenters. The Bertz CT molecular complexity index is 437. The molecule has 1 nitrogen and oxygen atoms in total. The van der Waals surface area contributed by atoms with Crippen molar-refractivity contribution in [2.45, 2.75) is 19.6 Å². The van der Waals surface area contributed by atoms with Crippen LogP contribution in [-0.4, -0.2) is 8.07 Å². The van der Waals surface area contributed by atoms with E-state index >= 15 is 0 Å². The third kappa shape index (κ3) is 2.05. The SMILES string of the molecule is C[Si](C)(C)c1cocc1-c1ccccc1. The van der Waals surface area contributed by atoms with Gasteiger partial charge in [0, 0.05) is 5.56 Å². The van der Waals surface area contributed by atoms with Gasteiger partial charge in [-0.2, -0.15) is 0 Å². The van der Waals surface area contributed by atoms with Crippen LogP contribution >= 0.6 is 0 Å². The number of hydrogen-bond acceptors (Lipinski definition) is 1. The normalized spacial score (nSPS) is 11.7. The molecule has 0 bridgehead atoms.